The lowest BCUT2D eigenvalue weighted by Crippen LogP contribution is -2.49. The predicted molar refractivity (Wildman–Crippen MR) is 164 cm³/mol. The van der Waals surface area contributed by atoms with E-state index in [1.165, 1.54) is 6.07 Å². The third kappa shape index (κ3) is 9.87. The Kier molecular flexibility index (Phi) is 12.1. The van der Waals surface area contributed by atoms with Crippen LogP contribution in [0.2, 0.25) is 5.02 Å². The van der Waals surface area contributed by atoms with Crippen LogP contribution >= 0.6 is 11.6 Å². The van der Waals surface area contributed by atoms with Gasteiger partial charge in [-0.3, -0.25) is 19.8 Å². The molecule has 0 spiro atoms. The highest BCUT2D eigenvalue weighted by atomic mass is 35.5. The molecule has 1 saturated heterocycles. The van der Waals surface area contributed by atoms with Gasteiger partial charge in [0.2, 0.25) is 11.8 Å². The van der Waals surface area contributed by atoms with Crippen molar-refractivity contribution in [3.05, 3.63) is 71.1 Å². The number of aromatic nitrogens is 1. The lowest BCUT2D eigenvalue weighted by atomic mass is 10.1. The van der Waals surface area contributed by atoms with E-state index in [2.05, 4.69) is 32.8 Å². The van der Waals surface area contributed by atoms with E-state index in [0.717, 1.165) is 36.8 Å². The Balaban J connectivity index is 1.30. The summed E-state index contributed by atoms with van der Waals surface area (Å²) in [5, 5.41) is 10.3. The fraction of sp³-hybridized carbons (Fsp3) is 0.419. The molecule has 4 rings (SSSR count). The molecule has 1 aliphatic rings. The van der Waals surface area contributed by atoms with Gasteiger partial charge in [0, 0.05) is 50.7 Å². The van der Waals surface area contributed by atoms with Crippen molar-refractivity contribution in [3.63, 3.8) is 0 Å². The standard InChI is InChI=1S/C31H38ClFN6O4/c1-2-12-38-13-15-39(16-14-38)29(41)11-10-25(36-28(40)20-34-18-24-8-5-9-26(33)30(24)32)21-43-31(42)37-27-17-22-6-3-4-7-23(22)19-35-27/h3-9,17,19,25,34H,2,10-16,18,20-21H2,1H3,(H,36,40)(H,35,37,42)/t25-/m0/s1. The molecule has 1 atom stereocenters. The Morgan fingerprint density at radius 3 is 2.60 bits per heavy atom. The number of rotatable bonds is 13. The normalized spacial score (nSPS) is 14.3. The van der Waals surface area contributed by atoms with Crippen LogP contribution in [0, 0.1) is 5.82 Å². The second-order valence-electron chi connectivity index (χ2n) is 10.5. The average molecular weight is 613 g/mol. The summed E-state index contributed by atoms with van der Waals surface area (Å²) in [6.07, 6.45) is 2.49. The first kappa shape index (κ1) is 32.1. The zero-order valence-electron chi connectivity index (χ0n) is 24.3. The van der Waals surface area contributed by atoms with Crippen molar-refractivity contribution < 1.29 is 23.5 Å². The van der Waals surface area contributed by atoms with Crippen molar-refractivity contribution in [1.82, 2.24) is 25.4 Å². The van der Waals surface area contributed by atoms with Crippen molar-refractivity contribution in [2.75, 3.05) is 51.2 Å². The lowest BCUT2D eigenvalue weighted by Gasteiger charge is -2.34. The molecular weight excluding hydrogens is 575 g/mol. The number of piperazine rings is 1. The Morgan fingerprint density at radius 2 is 1.84 bits per heavy atom. The number of carbonyl (C=O) groups excluding carboxylic acids is 3. The van der Waals surface area contributed by atoms with E-state index in [4.69, 9.17) is 16.3 Å². The minimum atomic E-state index is -0.723. The first-order chi connectivity index (χ1) is 20.8. The van der Waals surface area contributed by atoms with Crippen LogP contribution in [0.15, 0.2) is 54.7 Å². The minimum Gasteiger partial charge on any atom is -0.447 e. The molecular formula is C31H38ClFN6O4. The number of nitrogens with zero attached hydrogens (tertiary/aromatic N) is 3. The Bertz CT molecular complexity index is 1400. The van der Waals surface area contributed by atoms with E-state index in [9.17, 15) is 18.8 Å². The van der Waals surface area contributed by atoms with Crippen molar-refractivity contribution in [2.24, 2.45) is 0 Å². The maximum atomic E-state index is 13.7. The molecule has 1 aliphatic heterocycles. The van der Waals surface area contributed by atoms with Gasteiger partial charge in [0.05, 0.1) is 17.6 Å². The third-order valence-corrected chi connectivity index (χ3v) is 7.67. The van der Waals surface area contributed by atoms with Gasteiger partial charge in [-0.05, 0) is 42.5 Å². The topological polar surface area (TPSA) is 116 Å². The maximum absolute atomic E-state index is 13.7. The van der Waals surface area contributed by atoms with Crippen molar-refractivity contribution >= 4 is 46.1 Å². The number of pyridine rings is 1. The molecule has 3 amide bonds. The van der Waals surface area contributed by atoms with Crippen LogP contribution < -0.4 is 16.0 Å². The van der Waals surface area contributed by atoms with Gasteiger partial charge in [0.25, 0.3) is 0 Å². The molecule has 3 aromatic rings. The minimum absolute atomic E-state index is 0.000848. The molecule has 43 heavy (non-hydrogen) atoms. The molecule has 230 valence electrons. The maximum Gasteiger partial charge on any atom is 0.412 e. The summed E-state index contributed by atoms with van der Waals surface area (Å²) in [5.74, 6) is -0.560. The van der Waals surface area contributed by atoms with Crippen LogP contribution in [0.1, 0.15) is 31.7 Å². The zero-order chi connectivity index (χ0) is 30.6. The van der Waals surface area contributed by atoms with Gasteiger partial charge in [-0.1, -0.05) is 54.9 Å². The number of fused-ring (bicyclic) bond motifs is 1. The summed E-state index contributed by atoms with van der Waals surface area (Å²) in [7, 11) is 0. The quantitative estimate of drug-likeness (QED) is 0.265. The summed E-state index contributed by atoms with van der Waals surface area (Å²) in [6.45, 7) is 6.14. The van der Waals surface area contributed by atoms with Crippen LogP contribution in [-0.2, 0) is 20.9 Å². The second-order valence-corrected chi connectivity index (χ2v) is 10.9. The van der Waals surface area contributed by atoms with Crippen LogP contribution in [-0.4, -0.2) is 84.6 Å². The fourth-order valence-corrected chi connectivity index (χ4v) is 5.13. The van der Waals surface area contributed by atoms with Gasteiger partial charge in [-0.2, -0.15) is 0 Å². The summed E-state index contributed by atoms with van der Waals surface area (Å²) >= 11 is 6.00. The second kappa shape index (κ2) is 16.2. The highest BCUT2D eigenvalue weighted by molar-refractivity contribution is 6.31. The molecule has 2 aromatic carbocycles. The van der Waals surface area contributed by atoms with Gasteiger partial charge < -0.3 is 20.3 Å². The largest absolute Gasteiger partial charge is 0.447 e. The number of hydrogen-bond donors (Lipinski definition) is 3. The fourth-order valence-electron chi connectivity index (χ4n) is 4.93. The van der Waals surface area contributed by atoms with Gasteiger partial charge in [-0.25, -0.2) is 14.2 Å². The highest BCUT2D eigenvalue weighted by Gasteiger charge is 2.23. The van der Waals surface area contributed by atoms with Gasteiger partial charge in [0.1, 0.15) is 18.2 Å². The van der Waals surface area contributed by atoms with Gasteiger partial charge in [-0.15, -0.1) is 0 Å². The van der Waals surface area contributed by atoms with E-state index >= 15 is 0 Å². The van der Waals surface area contributed by atoms with Crippen molar-refractivity contribution in [3.8, 4) is 0 Å². The Hall–Kier alpha value is -3.80. The number of hydrogen-bond acceptors (Lipinski definition) is 7. The van der Waals surface area contributed by atoms with Crippen molar-refractivity contribution in [1.29, 1.82) is 0 Å². The molecule has 0 radical (unpaired) electrons. The van der Waals surface area contributed by atoms with Gasteiger partial charge >= 0.3 is 6.09 Å². The van der Waals surface area contributed by atoms with E-state index in [-0.39, 0.29) is 49.4 Å². The molecule has 1 fully saturated rings. The number of benzene rings is 2. The number of anilines is 1. The van der Waals surface area contributed by atoms with E-state index in [1.807, 2.05) is 29.2 Å². The van der Waals surface area contributed by atoms with Crippen LogP contribution in [0.5, 0.6) is 0 Å². The number of ether oxygens (including phenoxy) is 1. The van der Waals surface area contributed by atoms with E-state index in [0.29, 0.717) is 24.5 Å². The summed E-state index contributed by atoms with van der Waals surface area (Å²) < 4.78 is 19.1. The summed E-state index contributed by atoms with van der Waals surface area (Å²) in [5.41, 5.74) is 0.526. The molecule has 2 heterocycles. The zero-order valence-corrected chi connectivity index (χ0v) is 25.0. The molecule has 0 saturated carbocycles. The molecule has 12 heteroatoms. The average Bonchev–Trinajstić information content (AvgIpc) is 3.01. The SMILES string of the molecule is CCCN1CCN(C(=O)CC[C@@H](COC(=O)Nc2cc3ccccc3cn2)NC(=O)CNCc2cccc(F)c2Cl)CC1. The first-order valence-corrected chi connectivity index (χ1v) is 14.9. The number of amides is 3. The monoisotopic (exact) mass is 612 g/mol. The van der Waals surface area contributed by atoms with E-state index in [1.54, 1.807) is 24.4 Å². The number of carbonyl (C=O) groups is 3. The Labute approximate surface area is 255 Å². The molecule has 0 aliphatic carbocycles. The van der Waals surface area contributed by atoms with Crippen molar-refractivity contribution in [2.45, 2.75) is 38.8 Å². The smallest absolute Gasteiger partial charge is 0.412 e. The molecule has 1 aromatic heterocycles. The molecule has 3 N–H and O–H groups in total. The molecule has 0 bridgehead atoms. The van der Waals surface area contributed by atoms with Crippen LogP contribution in [0.25, 0.3) is 10.8 Å². The third-order valence-electron chi connectivity index (χ3n) is 7.25. The molecule has 10 nitrogen and oxygen atoms in total. The van der Waals surface area contributed by atoms with E-state index < -0.39 is 18.0 Å². The Morgan fingerprint density at radius 1 is 1.07 bits per heavy atom. The van der Waals surface area contributed by atoms with Crippen LogP contribution in [0.3, 0.4) is 0 Å². The highest BCUT2D eigenvalue weighted by Crippen LogP contribution is 2.19. The lowest BCUT2D eigenvalue weighted by molar-refractivity contribution is -0.133. The molecule has 0 unspecified atom stereocenters. The number of nitrogens with one attached hydrogen (secondary N) is 3. The van der Waals surface area contributed by atoms with Crippen LogP contribution in [0.4, 0.5) is 15.0 Å². The predicted octanol–water partition coefficient (Wildman–Crippen LogP) is 4.18. The van der Waals surface area contributed by atoms with Gasteiger partial charge in [0.15, 0.2) is 0 Å². The number of halogens is 2. The summed E-state index contributed by atoms with van der Waals surface area (Å²) in [4.78, 5) is 46.7. The summed E-state index contributed by atoms with van der Waals surface area (Å²) in [6, 6.07) is 13.3. The first-order valence-electron chi connectivity index (χ1n) is 14.5.